The van der Waals surface area contributed by atoms with Gasteiger partial charge < -0.3 is 19.5 Å². The lowest BCUT2D eigenvalue weighted by Crippen LogP contribution is -2.13. The van der Waals surface area contributed by atoms with Gasteiger partial charge in [-0.3, -0.25) is 4.79 Å². The minimum atomic E-state index is -2.91. The lowest BCUT2D eigenvalue weighted by molar-refractivity contribution is -0.0498. The number of alkyl halides is 2. The van der Waals surface area contributed by atoms with Gasteiger partial charge in [0.25, 0.3) is 5.91 Å². The van der Waals surface area contributed by atoms with Crippen LogP contribution < -0.4 is 19.5 Å². The quantitative estimate of drug-likeness (QED) is 0.659. The number of hydrogen-bond acceptors (Lipinski definition) is 4. The molecule has 2 aromatic carbocycles. The summed E-state index contributed by atoms with van der Waals surface area (Å²) >= 11 is 6.24. The number of benzene rings is 2. The van der Waals surface area contributed by atoms with E-state index in [4.69, 9.17) is 21.1 Å². The zero-order valence-corrected chi connectivity index (χ0v) is 15.8. The van der Waals surface area contributed by atoms with Gasteiger partial charge in [0.1, 0.15) is 5.75 Å². The van der Waals surface area contributed by atoms with Crippen LogP contribution in [-0.2, 0) is 0 Å². The molecule has 1 amide bonds. The first-order valence-electron chi connectivity index (χ1n) is 8.16. The molecule has 0 unspecified atom stereocenters. The minimum absolute atomic E-state index is 0.000586. The van der Waals surface area contributed by atoms with Crippen LogP contribution in [-0.4, -0.2) is 26.2 Å². The highest BCUT2D eigenvalue weighted by molar-refractivity contribution is 6.32. The van der Waals surface area contributed by atoms with Crippen LogP contribution >= 0.6 is 11.6 Å². The Hall–Kier alpha value is -2.54. The Kier molecular flexibility index (Phi) is 7.24. The number of hydrogen-bond donors (Lipinski definition) is 1. The molecule has 0 aliphatic rings. The summed E-state index contributed by atoms with van der Waals surface area (Å²) in [7, 11) is 1.46. The maximum Gasteiger partial charge on any atom is 0.387 e. The van der Waals surface area contributed by atoms with Crippen LogP contribution in [0.3, 0.4) is 0 Å². The molecule has 0 fully saturated rings. The molecule has 0 saturated carbocycles. The van der Waals surface area contributed by atoms with E-state index in [2.05, 4.69) is 10.1 Å². The normalized spacial score (nSPS) is 10.8. The van der Waals surface area contributed by atoms with Crippen molar-refractivity contribution in [2.45, 2.75) is 20.5 Å². The number of carbonyl (C=O) groups is 1. The van der Waals surface area contributed by atoms with Crippen LogP contribution in [0.1, 0.15) is 24.2 Å². The number of carbonyl (C=O) groups excluding carboxylic acids is 1. The summed E-state index contributed by atoms with van der Waals surface area (Å²) in [4.78, 5) is 12.5. The Morgan fingerprint density at radius 1 is 1.19 bits per heavy atom. The Morgan fingerprint density at radius 2 is 1.85 bits per heavy atom. The maximum atomic E-state index is 12.5. The summed E-state index contributed by atoms with van der Waals surface area (Å²) in [5.41, 5.74) is 0.679. The van der Waals surface area contributed by atoms with E-state index in [1.807, 2.05) is 13.8 Å². The zero-order valence-electron chi connectivity index (χ0n) is 15.1. The third-order valence-electron chi connectivity index (χ3n) is 3.39. The highest BCUT2D eigenvalue weighted by atomic mass is 35.5. The van der Waals surface area contributed by atoms with Crippen molar-refractivity contribution < 1.29 is 27.8 Å². The molecule has 2 rings (SSSR count). The van der Waals surface area contributed by atoms with E-state index in [0.717, 1.165) is 0 Å². The molecule has 0 radical (unpaired) electrons. The average Bonchev–Trinajstić information content (AvgIpc) is 2.61. The molecule has 0 saturated heterocycles. The molecule has 8 heteroatoms. The molecular formula is C19H20ClF2NO4. The fourth-order valence-corrected chi connectivity index (χ4v) is 2.43. The van der Waals surface area contributed by atoms with E-state index in [9.17, 15) is 13.6 Å². The highest BCUT2D eigenvalue weighted by Crippen LogP contribution is 2.37. The molecule has 0 spiro atoms. The minimum Gasteiger partial charge on any atom is -0.493 e. The van der Waals surface area contributed by atoms with Gasteiger partial charge in [0.15, 0.2) is 11.5 Å². The Morgan fingerprint density at radius 3 is 2.41 bits per heavy atom. The van der Waals surface area contributed by atoms with E-state index in [1.165, 1.54) is 43.5 Å². The molecule has 5 nitrogen and oxygen atoms in total. The Bertz CT molecular complexity index is 782. The van der Waals surface area contributed by atoms with E-state index in [1.54, 1.807) is 0 Å². The topological polar surface area (TPSA) is 56.8 Å². The fourth-order valence-electron chi connectivity index (χ4n) is 2.16. The number of nitrogens with one attached hydrogen (secondary N) is 1. The predicted octanol–water partition coefficient (Wildman–Crippen LogP) is 5.24. The van der Waals surface area contributed by atoms with Crippen molar-refractivity contribution in [2.75, 3.05) is 19.0 Å². The number of rotatable bonds is 8. The average molecular weight is 400 g/mol. The molecule has 0 heterocycles. The van der Waals surface area contributed by atoms with Crippen molar-refractivity contribution in [1.82, 2.24) is 0 Å². The van der Waals surface area contributed by atoms with Crippen molar-refractivity contribution in [3.8, 4) is 17.2 Å². The van der Waals surface area contributed by atoms with Gasteiger partial charge in [-0.05, 0) is 42.3 Å². The van der Waals surface area contributed by atoms with Crippen molar-refractivity contribution >= 4 is 23.2 Å². The lowest BCUT2D eigenvalue weighted by atomic mass is 10.1. The summed E-state index contributed by atoms with van der Waals surface area (Å²) in [5, 5.41) is 2.90. The van der Waals surface area contributed by atoms with E-state index in [0.29, 0.717) is 29.7 Å². The Labute approximate surface area is 161 Å². The second-order valence-electron chi connectivity index (χ2n) is 6.05. The number of amides is 1. The lowest BCUT2D eigenvalue weighted by Gasteiger charge is -2.15. The van der Waals surface area contributed by atoms with E-state index in [-0.39, 0.29) is 16.3 Å². The smallest absolute Gasteiger partial charge is 0.387 e. The number of halogens is 3. The largest absolute Gasteiger partial charge is 0.493 e. The molecule has 146 valence electrons. The van der Waals surface area contributed by atoms with Gasteiger partial charge in [-0.1, -0.05) is 25.4 Å². The predicted molar refractivity (Wildman–Crippen MR) is 99.4 cm³/mol. The third kappa shape index (κ3) is 5.99. The first-order valence-corrected chi connectivity index (χ1v) is 8.54. The number of anilines is 1. The van der Waals surface area contributed by atoms with Gasteiger partial charge >= 0.3 is 6.61 Å². The second-order valence-corrected chi connectivity index (χ2v) is 6.46. The summed E-state index contributed by atoms with van der Waals surface area (Å²) < 4.78 is 39.5. The van der Waals surface area contributed by atoms with E-state index >= 15 is 0 Å². The molecule has 0 bridgehead atoms. The van der Waals surface area contributed by atoms with Gasteiger partial charge in [0.05, 0.1) is 18.7 Å². The van der Waals surface area contributed by atoms with Gasteiger partial charge in [0, 0.05) is 11.3 Å². The van der Waals surface area contributed by atoms with Crippen molar-refractivity contribution in [3.63, 3.8) is 0 Å². The SMILES string of the molecule is COc1cc(C(=O)Nc2ccc(OC(F)F)cc2)cc(Cl)c1OCC(C)C. The molecule has 0 atom stereocenters. The Balaban J connectivity index is 2.15. The molecule has 1 N–H and O–H groups in total. The summed E-state index contributed by atoms with van der Waals surface area (Å²) in [6, 6.07) is 8.56. The molecule has 0 aromatic heterocycles. The third-order valence-corrected chi connectivity index (χ3v) is 3.67. The van der Waals surface area contributed by atoms with Gasteiger partial charge in [0.2, 0.25) is 0 Å². The molecule has 27 heavy (non-hydrogen) atoms. The zero-order chi connectivity index (χ0) is 20.0. The van der Waals surface area contributed by atoms with Gasteiger partial charge in [-0.15, -0.1) is 0 Å². The van der Waals surface area contributed by atoms with Crippen molar-refractivity contribution in [3.05, 3.63) is 47.0 Å². The molecule has 0 aliphatic carbocycles. The maximum absolute atomic E-state index is 12.5. The summed E-state index contributed by atoms with van der Waals surface area (Å²) in [5.74, 6) is 0.574. The highest BCUT2D eigenvalue weighted by Gasteiger charge is 2.17. The summed E-state index contributed by atoms with van der Waals surface area (Å²) in [6.45, 7) is 1.55. The first kappa shape index (κ1) is 20.8. The van der Waals surface area contributed by atoms with Crippen LogP contribution in [0, 0.1) is 5.92 Å². The first-order chi connectivity index (χ1) is 12.8. The fraction of sp³-hybridized carbons (Fsp3) is 0.316. The number of methoxy groups -OCH3 is 1. The molecular weight excluding hydrogens is 380 g/mol. The van der Waals surface area contributed by atoms with Gasteiger partial charge in [-0.2, -0.15) is 8.78 Å². The van der Waals surface area contributed by atoms with Crippen LogP contribution in [0.4, 0.5) is 14.5 Å². The molecule has 0 aliphatic heterocycles. The van der Waals surface area contributed by atoms with Crippen LogP contribution in [0.5, 0.6) is 17.2 Å². The van der Waals surface area contributed by atoms with Crippen LogP contribution in [0.2, 0.25) is 5.02 Å². The monoisotopic (exact) mass is 399 g/mol. The van der Waals surface area contributed by atoms with Crippen LogP contribution in [0.15, 0.2) is 36.4 Å². The van der Waals surface area contributed by atoms with Crippen molar-refractivity contribution in [2.24, 2.45) is 5.92 Å². The van der Waals surface area contributed by atoms with Crippen molar-refractivity contribution in [1.29, 1.82) is 0 Å². The number of ether oxygens (including phenoxy) is 3. The van der Waals surface area contributed by atoms with Crippen LogP contribution in [0.25, 0.3) is 0 Å². The standard InChI is InChI=1S/C19H20ClF2NO4/c1-11(2)10-26-17-15(20)8-12(9-16(17)25-3)18(24)23-13-4-6-14(7-5-13)27-19(21)22/h4-9,11,19H,10H2,1-3H3,(H,23,24). The van der Waals surface area contributed by atoms with E-state index < -0.39 is 12.5 Å². The summed E-state index contributed by atoms with van der Waals surface area (Å²) in [6.07, 6.45) is 0. The molecule has 2 aromatic rings. The van der Waals surface area contributed by atoms with Gasteiger partial charge in [-0.25, -0.2) is 0 Å². The second kappa shape index (κ2) is 9.41.